The molecule has 3 aromatic rings. The number of nitrogens with zero attached hydrogens (tertiary/aromatic N) is 2. The van der Waals surface area contributed by atoms with Crippen molar-refractivity contribution in [1.82, 2.24) is 14.5 Å². The third-order valence-corrected chi connectivity index (χ3v) is 4.56. The number of aromatic nitrogens is 2. The maximum Gasteiger partial charge on any atom is 0.272 e. The maximum atomic E-state index is 13.1. The summed E-state index contributed by atoms with van der Waals surface area (Å²) in [6.45, 7) is 0.526. The molecule has 0 aliphatic carbocycles. The van der Waals surface area contributed by atoms with Gasteiger partial charge in [-0.15, -0.1) is 11.3 Å². The highest BCUT2D eigenvalue weighted by molar-refractivity contribution is 7.71. The number of imidazole rings is 1. The number of hydrogen-bond donors (Lipinski definition) is 1. The van der Waals surface area contributed by atoms with E-state index in [4.69, 9.17) is 12.2 Å². The molecule has 4 nitrogen and oxygen atoms in total. The SMILES string of the molecule is CN(Cc1cccs1)C(=O)c1c[nH]c(=S)n1-c1ccc(F)cc1. The number of aromatic amines is 1. The highest BCUT2D eigenvalue weighted by atomic mass is 32.1. The first-order valence-electron chi connectivity index (χ1n) is 6.90. The number of carbonyl (C=O) groups is 1. The molecule has 0 unspecified atom stereocenters. The minimum Gasteiger partial charge on any atom is -0.336 e. The first-order chi connectivity index (χ1) is 11.1. The molecule has 0 spiro atoms. The summed E-state index contributed by atoms with van der Waals surface area (Å²) in [6.07, 6.45) is 1.58. The van der Waals surface area contributed by atoms with Crippen LogP contribution in [0.25, 0.3) is 5.69 Å². The van der Waals surface area contributed by atoms with Crippen molar-refractivity contribution in [3.8, 4) is 5.69 Å². The fourth-order valence-corrected chi connectivity index (χ4v) is 3.30. The summed E-state index contributed by atoms with van der Waals surface area (Å²) >= 11 is 6.85. The van der Waals surface area contributed by atoms with Gasteiger partial charge in [0.25, 0.3) is 5.91 Å². The molecule has 0 saturated carbocycles. The van der Waals surface area contributed by atoms with Gasteiger partial charge in [0.1, 0.15) is 11.5 Å². The second-order valence-corrected chi connectivity index (χ2v) is 6.45. The lowest BCUT2D eigenvalue weighted by Gasteiger charge is -2.17. The summed E-state index contributed by atoms with van der Waals surface area (Å²) in [4.78, 5) is 18.3. The lowest BCUT2D eigenvalue weighted by molar-refractivity contribution is 0.0778. The average Bonchev–Trinajstić information content (AvgIpc) is 3.17. The van der Waals surface area contributed by atoms with Crippen molar-refractivity contribution in [2.45, 2.75) is 6.54 Å². The summed E-state index contributed by atoms with van der Waals surface area (Å²) in [6, 6.07) is 9.80. The van der Waals surface area contributed by atoms with E-state index in [1.807, 2.05) is 17.5 Å². The number of halogens is 1. The van der Waals surface area contributed by atoms with Gasteiger partial charge in [-0.05, 0) is 47.9 Å². The van der Waals surface area contributed by atoms with Crippen LogP contribution in [0.2, 0.25) is 0 Å². The second kappa shape index (κ2) is 6.47. The van der Waals surface area contributed by atoms with Crippen LogP contribution in [0, 0.1) is 10.6 Å². The Labute approximate surface area is 141 Å². The van der Waals surface area contributed by atoms with Gasteiger partial charge < -0.3 is 9.88 Å². The molecule has 0 radical (unpaired) electrons. The lowest BCUT2D eigenvalue weighted by Crippen LogP contribution is -2.27. The summed E-state index contributed by atoms with van der Waals surface area (Å²) in [5, 5.41) is 1.98. The smallest absolute Gasteiger partial charge is 0.272 e. The molecule has 0 fully saturated rings. The number of H-pyrrole nitrogens is 1. The Morgan fingerprint density at radius 3 is 2.74 bits per heavy atom. The quantitative estimate of drug-likeness (QED) is 0.725. The van der Waals surface area contributed by atoms with Crippen molar-refractivity contribution in [3.05, 3.63) is 69.1 Å². The molecular formula is C16H14FN3OS2. The zero-order valence-corrected chi connectivity index (χ0v) is 14.0. The van der Waals surface area contributed by atoms with Crippen LogP contribution in [0.15, 0.2) is 48.0 Å². The van der Waals surface area contributed by atoms with E-state index in [1.54, 1.807) is 46.2 Å². The molecule has 1 amide bonds. The van der Waals surface area contributed by atoms with Crippen LogP contribution < -0.4 is 0 Å². The molecule has 0 bridgehead atoms. The number of benzene rings is 1. The highest BCUT2D eigenvalue weighted by Crippen LogP contribution is 2.17. The minimum absolute atomic E-state index is 0.157. The van der Waals surface area contributed by atoms with Crippen LogP contribution in [0.5, 0.6) is 0 Å². The number of hydrogen-bond acceptors (Lipinski definition) is 3. The summed E-state index contributed by atoms with van der Waals surface area (Å²) in [5.74, 6) is -0.492. The lowest BCUT2D eigenvalue weighted by atomic mass is 10.3. The Morgan fingerprint density at radius 1 is 1.35 bits per heavy atom. The van der Waals surface area contributed by atoms with Gasteiger partial charge >= 0.3 is 0 Å². The van der Waals surface area contributed by atoms with Gasteiger partial charge in [-0.2, -0.15) is 0 Å². The molecule has 118 valence electrons. The predicted octanol–water partition coefficient (Wildman–Crippen LogP) is 4.01. The molecule has 0 atom stereocenters. The summed E-state index contributed by atoms with van der Waals surface area (Å²) in [7, 11) is 1.74. The number of amides is 1. The van der Waals surface area contributed by atoms with Gasteiger partial charge in [0.05, 0.1) is 6.54 Å². The topological polar surface area (TPSA) is 41.0 Å². The van der Waals surface area contributed by atoms with Crippen LogP contribution in [0.3, 0.4) is 0 Å². The van der Waals surface area contributed by atoms with Crippen molar-refractivity contribution in [2.75, 3.05) is 7.05 Å². The third-order valence-electron chi connectivity index (χ3n) is 3.40. The normalized spacial score (nSPS) is 10.7. The fraction of sp³-hybridized carbons (Fsp3) is 0.125. The third kappa shape index (κ3) is 3.25. The van der Waals surface area contributed by atoms with E-state index in [0.29, 0.717) is 22.7 Å². The molecule has 23 heavy (non-hydrogen) atoms. The average molecular weight is 347 g/mol. The van der Waals surface area contributed by atoms with E-state index in [9.17, 15) is 9.18 Å². The Balaban J connectivity index is 1.92. The Kier molecular flexibility index (Phi) is 4.40. The first-order valence-corrected chi connectivity index (χ1v) is 8.19. The zero-order chi connectivity index (χ0) is 16.4. The van der Waals surface area contributed by atoms with Gasteiger partial charge in [0.2, 0.25) is 0 Å². The zero-order valence-electron chi connectivity index (χ0n) is 12.3. The van der Waals surface area contributed by atoms with Gasteiger partial charge in [-0.1, -0.05) is 6.07 Å². The van der Waals surface area contributed by atoms with Crippen LogP contribution >= 0.6 is 23.6 Å². The second-order valence-electron chi connectivity index (χ2n) is 5.03. The van der Waals surface area contributed by atoms with E-state index < -0.39 is 0 Å². The van der Waals surface area contributed by atoms with E-state index in [-0.39, 0.29) is 11.7 Å². The Bertz CT molecular complexity index is 866. The Morgan fingerprint density at radius 2 is 2.09 bits per heavy atom. The highest BCUT2D eigenvalue weighted by Gasteiger charge is 2.18. The molecule has 0 saturated heterocycles. The molecule has 2 heterocycles. The summed E-state index contributed by atoms with van der Waals surface area (Å²) in [5.41, 5.74) is 1.06. The number of rotatable bonds is 4. The van der Waals surface area contributed by atoms with Crippen LogP contribution in [-0.4, -0.2) is 27.4 Å². The molecule has 7 heteroatoms. The molecule has 2 aromatic heterocycles. The van der Waals surface area contributed by atoms with Gasteiger partial charge in [-0.25, -0.2) is 4.39 Å². The molecule has 1 N–H and O–H groups in total. The van der Waals surface area contributed by atoms with Crippen molar-refractivity contribution >= 4 is 29.5 Å². The standard InChI is InChI=1S/C16H14FN3OS2/c1-19(10-13-3-2-8-23-13)15(21)14-9-18-16(22)20(14)12-6-4-11(17)5-7-12/h2-9H,10H2,1H3,(H,18,22). The predicted molar refractivity (Wildman–Crippen MR) is 91.0 cm³/mol. The van der Waals surface area contributed by atoms with Gasteiger partial charge in [0.15, 0.2) is 4.77 Å². The molecule has 0 aliphatic heterocycles. The minimum atomic E-state index is -0.335. The number of thiophene rings is 1. The van der Waals surface area contributed by atoms with E-state index in [2.05, 4.69) is 4.98 Å². The van der Waals surface area contributed by atoms with Crippen LogP contribution in [0.1, 0.15) is 15.4 Å². The van der Waals surface area contributed by atoms with Crippen LogP contribution in [-0.2, 0) is 6.54 Å². The largest absolute Gasteiger partial charge is 0.336 e. The van der Waals surface area contributed by atoms with Gasteiger partial charge in [-0.3, -0.25) is 9.36 Å². The summed E-state index contributed by atoms with van der Waals surface area (Å²) < 4.78 is 15.1. The van der Waals surface area contributed by atoms with Crippen molar-refractivity contribution < 1.29 is 9.18 Å². The molecule has 0 aliphatic rings. The van der Waals surface area contributed by atoms with Crippen LogP contribution in [0.4, 0.5) is 4.39 Å². The first kappa shape index (κ1) is 15.6. The number of nitrogens with one attached hydrogen (secondary N) is 1. The van der Waals surface area contributed by atoms with E-state index in [1.165, 1.54) is 12.1 Å². The molecule has 1 aromatic carbocycles. The fourth-order valence-electron chi connectivity index (χ4n) is 2.28. The molecular weight excluding hydrogens is 333 g/mol. The molecule has 3 rings (SSSR count). The van der Waals surface area contributed by atoms with Gasteiger partial charge in [0, 0.05) is 23.8 Å². The number of carbonyl (C=O) groups excluding carboxylic acids is 1. The van der Waals surface area contributed by atoms with E-state index in [0.717, 1.165) is 4.88 Å². The Hall–Kier alpha value is -2.25. The van der Waals surface area contributed by atoms with Crippen molar-refractivity contribution in [1.29, 1.82) is 0 Å². The van der Waals surface area contributed by atoms with E-state index >= 15 is 0 Å². The van der Waals surface area contributed by atoms with Crippen molar-refractivity contribution in [2.24, 2.45) is 0 Å². The monoisotopic (exact) mass is 347 g/mol. The van der Waals surface area contributed by atoms with Crippen molar-refractivity contribution in [3.63, 3.8) is 0 Å². The maximum absolute atomic E-state index is 13.1.